The fourth-order valence-corrected chi connectivity index (χ4v) is 18.5. The molecule has 128 heavy (non-hydrogen) atoms. The van der Waals surface area contributed by atoms with Crippen LogP contribution in [0.2, 0.25) is 0 Å². The summed E-state index contributed by atoms with van der Waals surface area (Å²) in [6, 6.07) is 150. The van der Waals surface area contributed by atoms with Crippen molar-refractivity contribution in [2.75, 3.05) is 0 Å². The Hall–Kier alpha value is -15.0. The van der Waals surface area contributed by atoms with E-state index < -0.39 is 0 Å². The highest BCUT2D eigenvalue weighted by molar-refractivity contribution is 9.11. The van der Waals surface area contributed by atoms with Gasteiger partial charge in [0.25, 0.3) is 0 Å². The van der Waals surface area contributed by atoms with Crippen LogP contribution in [0.1, 0.15) is 0 Å². The van der Waals surface area contributed by atoms with Crippen molar-refractivity contribution in [1.82, 2.24) is 53.2 Å². The molecule has 608 valence electrons. The molecule has 16 aromatic carbocycles. The zero-order valence-corrected chi connectivity index (χ0v) is 74.9. The molecule has 8 aromatic heterocycles. The molecule has 0 saturated carbocycles. The first kappa shape index (κ1) is 80.2. The Labute approximate surface area is 771 Å². The van der Waals surface area contributed by atoms with E-state index in [0.29, 0.717) is 11.8 Å². The summed E-state index contributed by atoms with van der Waals surface area (Å²) in [5, 5.41) is 9.61. The molecule has 0 aliphatic rings. The minimum Gasteiger partial charge on any atom is -0.309 e. The van der Waals surface area contributed by atoms with Crippen molar-refractivity contribution in [2.45, 2.75) is 0 Å². The summed E-state index contributed by atoms with van der Waals surface area (Å²) >= 11 is 14.5. The summed E-state index contributed by atoms with van der Waals surface area (Å²) in [7, 11) is 0. The van der Waals surface area contributed by atoms with Gasteiger partial charge in [-0.2, -0.15) is 0 Å². The van der Waals surface area contributed by atoms with Crippen molar-refractivity contribution < 1.29 is 0 Å². The van der Waals surface area contributed by atoms with Crippen molar-refractivity contribution in [3.05, 3.63) is 461 Å². The number of halogens is 4. The molecule has 0 radical (unpaired) electrons. The lowest BCUT2D eigenvalue weighted by Gasteiger charge is -2.14. The highest BCUT2D eigenvalue weighted by atomic mass is 79.9. The van der Waals surface area contributed by atoms with Crippen molar-refractivity contribution in [3.8, 4) is 113 Å². The van der Waals surface area contributed by atoms with E-state index in [0.717, 1.165) is 153 Å². The minimum atomic E-state index is 0.665. The number of hydrogen-bond donors (Lipinski definition) is 0. The van der Waals surface area contributed by atoms with E-state index in [1.165, 1.54) is 54.1 Å². The summed E-state index contributed by atoms with van der Waals surface area (Å²) in [5.41, 5.74) is 25.1. The van der Waals surface area contributed by atoms with E-state index in [1.807, 2.05) is 140 Å². The van der Waals surface area contributed by atoms with Gasteiger partial charge in [0.1, 0.15) is 5.82 Å². The van der Waals surface area contributed by atoms with E-state index in [-0.39, 0.29) is 0 Å². The molecule has 11 nitrogen and oxygen atoms in total. The SMILES string of the molecule is Brc1ccc2c(c1)c1ccccc1n2-c1cc(-c2ccccc2)nc(-c2ccccc2)c1.Brc1ccc2c(c1)c1ccccc1n2-c1cc(-c2ccccc2)nc(-c2ccccc2)n1.Brc1ccc2c(c1)c1ccccc1n2-c1cnc(-c2ccccc2)nc1-c1ccccc1.Brc1ccc2c(c1)c1ccccc1n2-c1nc(-c2ccccc2)cc(-c2ccccc2)n1. The molecule has 8 heterocycles. The van der Waals surface area contributed by atoms with Crippen LogP contribution in [0.5, 0.6) is 0 Å². The Bertz CT molecular complexity index is 7470. The molecule has 0 aliphatic heterocycles. The van der Waals surface area contributed by atoms with Crippen molar-refractivity contribution in [1.29, 1.82) is 0 Å². The van der Waals surface area contributed by atoms with Gasteiger partial charge in [-0.15, -0.1) is 0 Å². The van der Waals surface area contributed by atoms with Gasteiger partial charge in [0.05, 0.1) is 95.9 Å². The first-order valence-corrected chi connectivity index (χ1v) is 45.2. The Morgan fingerprint density at radius 1 is 0.188 bits per heavy atom. The molecule has 24 rings (SSSR count). The number of hydrogen-bond acceptors (Lipinski definition) is 7. The van der Waals surface area contributed by atoms with Crippen LogP contribution in [0.3, 0.4) is 0 Å². The average Bonchev–Trinajstić information content (AvgIpc) is 1.60. The molecule has 0 amide bonds. The van der Waals surface area contributed by atoms with Gasteiger partial charge in [0, 0.05) is 112 Å². The molecule has 0 spiro atoms. The van der Waals surface area contributed by atoms with Crippen LogP contribution in [0, 0.1) is 0 Å². The molecular weight excluding hydrogens is 1830 g/mol. The van der Waals surface area contributed by atoms with Gasteiger partial charge < -0.3 is 9.13 Å². The van der Waals surface area contributed by atoms with Crippen LogP contribution in [-0.4, -0.2) is 53.2 Å². The Morgan fingerprint density at radius 2 is 0.477 bits per heavy atom. The Balaban J connectivity index is 0.000000104. The maximum absolute atomic E-state index is 5.06. The highest BCUT2D eigenvalue weighted by Gasteiger charge is 2.24. The van der Waals surface area contributed by atoms with E-state index in [9.17, 15) is 0 Å². The zero-order valence-electron chi connectivity index (χ0n) is 68.6. The molecule has 0 N–H and O–H groups in total. The van der Waals surface area contributed by atoms with Gasteiger partial charge in [0.15, 0.2) is 11.6 Å². The van der Waals surface area contributed by atoms with E-state index in [2.05, 4.69) is 385 Å². The third kappa shape index (κ3) is 16.0. The summed E-state index contributed by atoms with van der Waals surface area (Å²) in [6.07, 6.45) is 1.95. The molecule has 0 saturated heterocycles. The first-order chi connectivity index (χ1) is 63.1. The van der Waals surface area contributed by atoms with Gasteiger partial charge in [-0.3, -0.25) is 9.13 Å². The Kier molecular flexibility index (Phi) is 22.3. The third-order valence-corrected chi connectivity index (χ3v) is 24.9. The second kappa shape index (κ2) is 35.6. The van der Waals surface area contributed by atoms with Gasteiger partial charge in [-0.25, -0.2) is 34.9 Å². The summed E-state index contributed by atoms with van der Waals surface area (Å²) in [4.78, 5) is 34.9. The maximum Gasteiger partial charge on any atom is 0.235 e. The molecule has 0 fully saturated rings. The molecule has 0 unspecified atom stereocenters. The van der Waals surface area contributed by atoms with E-state index >= 15 is 0 Å². The van der Waals surface area contributed by atoms with Crippen LogP contribution in [0.15, 0.2) is 461 Å². The lowest BCUT2D eigenvalue weighted by atomic mass is 10.1. The van der Waals surface area contributed by atoms with Gasteiger partial charge in [-0.1, -0.05) is 379 Å². The van der Waals surface area contributed by atoms with Crippen molar-refractivity contribution >= 4 is 151 Å². The van der Waals surface area contributed by atoms with Crippen LogP contribution in [-0.2, 0) is 0 Å². The monoisotopic (exact) mass is 1900 g/mol. The lowest BCUT2D eigenvalue weighted by Crippen LogP contribution is -2.03. The topological polar surface area (TPSA) is 110 Å². The number of pyridine rings is 1. The second-order valence-electron chi connectivity index (χ2n) is 30.9. The van der Waals surface area contributed by atoms with Crippen LogP contribution in [0.25, 0.3) is 201 Å². The van der Waals surface area contributed by atoms with Gasteiger partial charge in [0.2, 0.25) is 5.95 Å². The molecule has 0 aliphatic carbocycles. The number of para-hydroxylation sites is 4. The summed E-state index contributed by atoms with van der Waals surface area (Å²) in [6.45, 7) is 0. The highest BCUT2D eigenvalue weighted by Crippen LogP contribution is 2.42. The largest absolute Gasteiger partial charge is 0.309 e. The van der Waals surface area contributed by atoms with Gasteiger partial charge >= 0.3 is 0 Å². The predicted octanol–water partition coefficient (Wildman–Crippen LogP) is 31.3. The Morgan fingerprint density at radius 3 is 0.875 bits per heavy atom. The minimum absolute atomic E-state index is 0.665. The first-order valence-electron chi connectivity index (χ1n) is 42.0. The lowest BCUT2D eigenvalue weighted by molar-refractivity contribution is 0.995. The number of nitrogens with zero attached hydrogens (tertiary/aromatic N) is 11. The van der Waals surface area contributed by atoms with Crippen LogP contribution < -0.4 is 0 Å². The zero-order chi connectivity index (χ0) is 86.0. The van der Waals surface area contributed by atoms with Crippen molar-refractivity contribution in [3.63, 3.8) is 0 Å². The number of aromatic nitrogens is 11. The third-order valence-electron chi connectivity index (χ3n) is 22.9. The summed E-state index contributed by atoms with van der Waals surface area (Å²) in [5.74, 6) is 2.95. The van der Waals surface area contributed by atoms with E-state index in [4.69, 9.17) is 34.9 Å². The van der Waals surface area contributed by atoms with Gasteiger partial charge in [-0.05, 0) is 115 Å². The fraction of sp³-hybridized carbons (Fsp3) is 0. The quantitative estimate of drug-likeness (QED) is 0.120. The predicted molar refractivity (Wildman–Crippen MR) is 542 cm³/mol. The molecule has 15 heteroatoms. The smallest absolute Gasteiger partial charge is 0.235 e. The van der Waals surface area contributed by atoms with Crippen LogP contribution >= 0.6 is 63.7 Å². The number of benzene rings is 16. The average molecular weight is 1900 g/mol. The normalized spacial score (nSPS) is 11.3. The van der Waals surface area contributed by atoms with Crippen LogP contribution in [0.4, 0.5) is 0 Å². The molecule has 0 atom stereocenters. The maximum atomic E-state index is 5.06. The number of rotatable bonds is 12. The summed E-state index contributed by atoms with van der Waals surface area (Å²) < 4.78 is 13.3. The molecule has 0 bridgehead atoms. The second-order valence-corrected chi connectivity index (χ2v) is 34.5. The molecular formula is C113H73Br4N11. The molecule has 24 aromatic rings. The fourth-order valence-electron chi connectivity index (χ4n) is 17.1. The standard InChI is InChI=1S/C29H19BrN2.3C28H18BrN3/c30-22-15-16-29-25(17-22)24-13-7-8-14-28(24)32(29)23-18-26(20-9-3-1-4-10-20)31-27(19-23)21-11-5-2-6-12-21;29-21-15-16-27-23(17-21)22-13-7-8-14-26(22)32(27)28-30-24(19-9-3-1-4-10-19)18-25(31-28)20-11-5-2-6-12-20;29-21-15-16-26-23(17-21)22-13-7-8-14-25(22)32(26)27-18-24(19-9-3-1-4-10-19)30-28(31-27)20-11-5-2-6-12-20;29-21-15-16-25-23(17-21)22-13-7-8-14-24(22)32(25)26-18-30-28(20-11-5-2-6-12-20)31-27(26)19-9-3-1-4-10-19/h1-19H;3*1-18H. The van der Waals surface area contributed by atoms with E-state index in [1.54, 1.807) is 0 Å². The van der Waals surface area contributed by atoms with Crippen molar-refractivity contribution in [2.24, 2.45) is 0 Å². The number of fused-ring (bicyclic) bond motifs is 12.